The molecule has 100 valence electrons. The smallest absolute Gasteiger partial charge is 0.204 e. The highest BCUT2D eigenvalue weighted by Crippen LogP contribution is 2.20. The fraction of sp³-hybridized carbons (Fsp3) is 0.500. The van der Waals surface area contributed by atoms with Crippen LogP contribution in [0.4, 0.5) is 0 Å². The van der Waals surface area contributed by atoms with Crippen LogP contribution in [-0.2, 0) is 10.0 Å². The van der Waals surface area contributed by atoms with Gasteiger partial charge in [0.2, 0.25) is 0 Å². The molecule has 18 heavy (non-hydrogen) atoms. The summed E-state index contributed by atoms with van der Waals surface area (Å²) in [6, 6.07) is 7.72. The Bertz CT molecular complexity index is 537. The minimum Gasteiger partial charge on any atom is -0.204 e. The van der Waals surface area contributed by atoms with Crippen molar-refractivity contribution >= 4 is 16.2 Å². The maximum Gasteiger partial charge on any atom is 0.258 e. The maximum absolute atomic E-state index is 11.9. The second-order valence-electron chi connectivity index (χ2n) is 5.61. The molecule has 0 radical (unpaired) electrons. The molecule has 0 spiro atoms. The van der Waals surface area contributed by atoms with Gasteiger partial charge in [-0.1, -0.05) is 38.1 Å². The first-order chi connectivity index (χ1) is 8.15. The Hall–Kier alpha value is -1.16. The van der Waals surface area contributed by atoms with Crippen LogP contribution in [0.1, 0.15) is 51.7 Å². The van der Waals surface area contributed by atoms with E-state index in [1.807, 2.05) is 24.3 Å². The SMILES string of the molecule is CC(C)c1ccccc1/C=N/S(=O)(=O)C(C)(C)C. The molecular weight excluding hydrogens is 246 g/mol. The van der Waals surface area contributed by atoms with Crippen LogP contribution in [0, 0.1) is 0 Å². The second kappa shape index (κ2) is 5.22. The van der Waals surface area contributed by atoms with E-state index < -0.39 is 14.8 Å². The first-order valence-electron chi connectivity index (χ1n) is 6.04. The van der Waals surface area contributed by atoms with Crippen LogP contribution in [0.3, 0.4) is 0 Å². The van der Waals surface area contributed by atoms with E-state index in [9.17, 15) is 8.42 Å². The number of hydrogen-bond donors (Lipinski definition) is 0. The molecule has 3 nitrogen and oxygen atoms in total. The summed E-state index contributed by atoms with van der Waals surface area (Å²) in [4.78, 5) is 0. The lowest BCUT2D eigenvalue weighted by Crippen LogP contribution is -2.25. The van der Waals surface area contributed by atoms with E-state index in [4.69, 9.17) is 0 Å². The van der Waals surface area contributed by atoms with Gasteiger partial charge in [-0.2, -0.15) is 4.40 Å². The fourth-order valence-corrected chi connectivity index (χ4v) is 2.01. The summed E-state index contributed by atoms with van der Waals surface area (Å²) in [5, 5.41) is 0. The molecule has 1 aromatic rings. The third-order valence-electron chi connectivity index (χ3n) is 2.72. The number of rotatable bonds is 3. The quantitative estimate of drug-likeness (QED) is 0.788. The van der Waals surface area contributed by atoms with Crippen molar-refractivity contribution in [3.63, 3.8) is 0 Å². The Morgan fingerprint density at radius 1 is 1.17 bits per heavy atom. The summed E-state index contributed by atoms with van der Waals surface area (Å²) < 4.78 is 26.7. The highest BCUT2D eigenvalue weighted by atomic mass is 32.2. The second-order valence-corrected chi connectivity index (χ2v) is 7.99. The number of nitrogens with zero attached hydrogens (tertiary/aromatic N) is 1. The van der Waals surface area contributed by atoms with Crippen molar-refractivity contribution in [2.75, 3.05) is 0 Å². The molecule has 0 aliphatic rings. The third-order valence-corrected chi connectivity index (χ3v) is 4.65. The average molecular weight is 267 g/mol. The largest absolute Gasteiger partial charge is 0.258 e. The summed E-state index contributed by atoms with van der Waals surface area (Å²) in [7, 11) is -3.47. The lowest BCUT2D eigenvalue weighted by molar-refractivity contribution is 0.562. The van der Waals surface area contributed by atoms with Gasteiger partial charge >= 0.3 is 0 Å². The predicted molar refractivity (Wildman–Crippen MR) is 76.8 cm³/mol. The van der Waals surface area contributed by atoms with Gasteiger partial charge in [0.05, 0.1) is 4.75 Å². The van der Waals surface area contributed by atoms with Crippen molar-refractivity contribution in [3.8, 4) is 0 Å². The Kier molecular flexibility index (Phi) is 4.32. The van der Waals surface area contributed by atoms with Crippen molar-refractivity contribution in [3.05, 3.63) is 35.4 Å². The van der Waals surface area contributed by atoms with E-state index in [0.717, 1.165) is 11.1 Å². The molecule has 0 atom stereocenters. The zero-order valence-electron chi connectivity index (χ0n) is 11.6. The standard InChI is InChI=1S/C14H21NO2S/c1-11(2)13-9-7-6-8-12(13)10-15-18(16,17)14(3,4)5/h6-11H,1-5H3/b15-10+. The number of hydrogen-bond acceptors (Lipinski definition) is 2. The number of sulfonamides is 1. The molecule has 0 fully saturated rings. The first kappa shape index (κ1) is 14.9. The van der Waals surface area contributed by atoms with Crippen LogP contribution >= 0.6 is 0 Å². The van der Waals surface area contributed by atoms with Crippen LogP contribution in [-0.4, -0.2) is 19.4 Å². The first-order valence-corrected chi connectivity index (χ1v) is 7.48. The molecule has 0 saturated carbocycles. The summed E-state index contributed by atoms with van der Waals surface area (Å²) in [6.07, 6.45) is 1.45. The summed E-state index contributed by atoms with van der Waals surface area (Å²) in [5.74, 6) is 0.338. The van der Waals surface area contributed by atoms with Gasteiger partial charge in [-0.15, -0.1) is 0 Å². The average Bonchev–Trinajstić information content (AvgIpc) is 2.25. The van der Waals surface area contributed by atoms with Crippen molar-refractivity contribution in [2.24, 2.45) is 4.40 Å². The summed E-state index contributed by atoms with van der Waals surface area (Å²) in [5.41, 5.74) is 1.96. The van der Waals surface area contributed by atoms with E-state index >= 15 is 0 Å². The zero-order chi connectivity index (χ0) is 14.0. The van der Waals surface area contributed by atoms with Gasteiger partial charge in [0.1, 0.15) is 0 Å². The molecule has 1 aromatic carbocycles. The molecule has 1 rings (SSSR count). The van der Waals surface area contributed by atoms with Gasteiger partial charge < -0.3 is 0 Å². The molecule has 0 bridgehead atoms. The van der Waals surface area contributed by atoms with Gasteiger partial charge in [-0.05, 0) is 37.8 Å². The zero-order valence-corrected chi connectivity index (χ0v) is 12.5. The van der Waals surface area contributed by atoms with E-state index in [2.05, 4.69) is 18.2 Å². The third kappa shape index (κ3) is 3.42. The lowest BCUT2D eigenvalue weighted by Gasteiger charge is -2.15. The van der Waals surface area contributed by atoms with Crippen LogP contribution < -0.4 is 0 Å². The molecule has 0 saturated heterocycles. The van der Waals surface area contributed by atoms with E-state index in [-0.39, 0.29) is 0 Å². The van der Waals surface area contributed by atoms with Gasteiger partial charge in [0.25, 0.3) is 10.0 Å². The Morgan fingerprint density at radius 3 is 2.22 bits per heavy atom. The van der Waals surface area contributed by atoms with Crippen molar-refractivity contribution in [2.45, 2.75) is 45.3 Å². The predicted octanol–water partition coefficient (Wildman–Crippen LogP) is 3.36. The van der Waals surface area contributed by atoms with Crippen LogP contribution in [0.15, 0.2) is 28.7 Å². The highest BCUT2D eigenvalue weighted by molar-refractivity contribution is 7.91. The summed E-state index contributed by atoms with van der Waals surface area (Å²) >= 11 is 0. The van der Waals surface area contributed by atoms with Gasteiger partial charge in [0, 0.05) is 6.21 Å². The molecule has 0 heterocycles. The monoisotopic (exact) mass is 267 g/mol. The van der Waals surface area contributed by atoms with Crippen molar-refractivity contribution < 1.29 is 8.42 Å². The molecule has 0 amide bonds. The molecule has 0 aliphatic carbocycles. The van der Waals surface area contributed by atoms with Crippen LogP contribution in [0.2, 0.25) is 0 Å². The minimum atomic E-state index is -3.47. The Morgan fingerprint density at radius 2 is 1.72 bits per heavy atom. The number of benzene rings is 1. The molecule has 4 heteroatoms. The highest BCUT2D eigenvalue weighted by Gasteiger charge is 2.27. The van der Waals surface area contributed by atoms with Gasteiger partial charge in [-0.25, -0.2) is 8.42 Å². The van der Waals surface area contributed by atoms with Gasteiger partial charge in [0.15, 0.2) is 0 Å². The summed E-state index contributed by atoms with van der Waals surface area (Å²) in [6.45, 7) is 9.09. The lowest BCUT2D eigenvalue weighted by atomic mass is 9.98. The fourth-order valence-electron chi connectivity index (χ4n) is 1.44. The Labute approximate surface area is 110 Å². The molecular formula is C14H21NO2S. The topological polar surface area (TPSA) is 46.5 Å². The van der Waals surface area contributed by atoms with Crippen LogP contribution in [0.25, 0.3) is 0 Å². The maximum atomic E-state index is 11.9. The van der Waals surface area contributed by atoms with Crippen LogP contribution in [0.5, 0.6) is 0 Å². The molecule has 0 unspecified atom stereocenters. The normalized spacial score (nSPS) is 13.4. The molecule has 0 N–H and O–H groups in total. The van der Waals surface area contributed by atoms with Crippen molar-refractivity contribution in [1.82, 2.24) is 0 Å². The van der Waals surface area contributed by atoms with E-state index in [1.54, 1.807) is 20.8 Å². The van der Waals surface area contributed by atoms with E-state index in [0.29, 0.717) is 5.92 Å². The van der Waals surface area contributed by atoms with Crippen molar-refractivity contribution in [1.29, 1.82) is 0 Å². The molecule has 0 aliphatic heterocycles. The van der Waals surface area contributed by atoms with Gasteiger partial charge in [-0.3, -0.25) is 0 Å². The Balaban J connectivity index is 3.14. The van der Waals surface area contributed by atoms with E-state index in [1.165, 1.54) is 6.21 Å². The minimum absolute atomic E-state index is 0.338. The molecule has 0 aromatic heterocycles.